The second kappa shape index (κ2) is 8.99. The van der Waals surface area contributed by atoms with Crippen LogP contribution < -0.4 is 10.6 Å². The molecule has 3 aromatic rings. The highest BCUT2D eigenvalue weighted by Gasteiger charge is 2.10. The molecule has 0 radical (unpaired) electrons. The number of nitrogens with zero attached hydrogens (tertiary/aromatic N) is 1. The van der Waals surface area contributed by atoms with Crippen LogP contribution in [0.2, 0.25) is 5.02 Å². The first-order valence-corrected chi connectivity index (χ1v) is 9.94. The predicted octanol–water partition coefficient (Wildman–Crippen LogP) is 4.58. The van der Waals surface area contributed by atoms with Crippen LogP contribution in [0.3, 0.4) is 0 Å². The van der Waals surface area contributed by atoms with Crippen LogP contribution in [0.15, 0.2) is 48.7 Å². The molecule has 0 saturated carbocycles. The van der Waals surface area contributed by atoms with Crippen LogP contribution in [0.4, 0.5) is 5.13 Å². The van der Waals surface area contributed by atoms with E-state index in [2.05, 4.69) is 15.6 Å². The lowest BCUT2D eigenvalue weighted by Crippen LogP contribution is -2.19. The smallest absolute Gasteiger partial charge is 0.257 e. The van der Waals surface area contributed by atoms with Crippen LogP contribution in [-0.4, -0.2) is 16.8 Å². The lowest BCUT2D eigenvalue weighted by molar-refractivity contribution is -0.119. The van der Waals surface area contributed by atoms with E-state index in [1.807, 2.05) is 37.3 Å². The third-order valence-corrected chi connectivity index (χ3v) is 5.47. The van der Waals surface area contributed by atoms with Gasteiger partial charge in [0.25, 0.3) is 5.91 Å². The second-order valence-electron chi connectivity index (χ2n) is 6.45. The Morgan fingerprint density at radius 1 is 1.11 bits per heavy atom. The maximum atomic E-state index is 12.4. The minimum atomic E-state index is -0.217. The van der Waals surface area contributed by atoms with E-state index in [1.54, 1.807) is 18.3 Å². The summed E-state index contributed by atoms with van der Waals surface area (Å²) in [5, 5.41) is 6.85. The van der Waals surface area contributed by atoms with Gasteiger partial charge in [-0.25, -0.2) is 4.98 Å². The highest BCUT2D eigenvalue weighted by molar-refractivity contribution is 7.15. The maximum absolute atomic E-state index is 12.4. The van der Waals surface area contributed by atoms with Crippen molar-refractivity contribution in [2.24, 2.45) is 0 Å². The van der Waals surface area contributed by atoms with Crippen molar-refractivity contribution < 1.29 is 9.59 Å². The molecular formula is C21H20ClN3O2S. The van der Waals surface area contributed by atoms with E-state index in [0.29, 0.717) is 23.7 Å². The van der Waals surface area contributed by atoms with Gasteiger partial charge in [-0.2, -0.15) is 0 Å². The first-order chi connectivity index (χ1) is 13.4. The molecule has 144 valence electrons. The molecule has 3 rings (SSSR count). The number of halogens is 1. The molecule has 0 bridgehead atoms. The van der Waals surface area contributed by atoms with Crippen molar-refractivity contribution in [2.45, 2.75) is 26.8 Å². The van der Waals surface area contributed by atoms with Crippen LogP contribution in [0.1, 0.15) is 38.8 Å². The fourth-order valence-corrected chi connectivity index (χ4v) is 3.61. The Kier molecular flexibility index (Phi) is 6.44. The number of nitrogens with one attached hydrogen (secondary N) is 2. The number of aryl methyl sites for hydroxylation is 1. The van der Waals surface area contributed by atoms with Gasteiger partial charge in [0.15, 0.2) is 5.13 Å². The highest BCUT2D eigenvalue weighted by atomic mass is 35.5. The number of rotatable bonds is 6. The standard InChI is InChI=1S/C21H20ClN3O2S/c1-13-3-4-16(10-19(13)22)9-18-12-24-21(28-18)25-20(27)17-7-5-15(6-8-17)11-23-14(2)26/h3-8,10,12H,9,11H2,1-2H3,(H,23,26)(H,24,25,27). The molecule has 2 N–H and O–H groups in total. The Balaban J connectivity index is 1.60. The summed E-state index contributed by atoms with van der Waals surface area (Å²) in [6.07, 6.45) is 2.48. The molecule has 0 spiro atoms. The molecule has 5 nitrogen and oxygen atoms in total. The minimum absolute atomic E-state index is 0.0886. The zero-order chi connectivity index (χ0) is 20.1. The number of carbonyl (C=O) groups is 2. The third-order valence-electron chi connectivity index (χ3n) is 4.15. The molecule has 2 aromatic carbocycles. The first kappa shape index (κ1) is 20.0. The van der Waals surface area contributed by atoms with Gasteiger partial charge in [0, 0.05) is 41.5 Å². The van der Waals surface area contributed by atoms with Crippen molar-refractivity contribution in [3.8, 4) is 0 Å². The number of thiazole rings is 1. The topological polar surface area (TPSA) is 71.1 Å². The van der Waals surface area contributed by atoms with Gasteiger partial charge < -0.3 is 5.32 Å². The number of hydrogen-bond donors (Lipinski definition) is 2. The van der Waals surface area contributed by atoms with Crippen molar-refractivity contribution in [3.63, 3.8) is 0 Å². The molecule has 7 heteroatoms. The molecular weight excluding hydrogens is 394 g/mol. The van der Waals surface area contributed by atoms with Crippen molar-refractivity contribution in [3.05, 3.63) is 80.8 Å². The molecule has 2 amide bonds. The van der Waals surface area contributed by atoms with E-state index in [4.69, 9.17) is 11.6 Å². The number of benzene rings is 2. The van der Waals surface area contributed by atoms with Gasteiger partial charge in [0.05, 0.1) is 0 Å². The molecule has 0 aliphatic rings. The molecule has 28 heavy (non-hydrogen) atoms. The van der Waals surface area contributed by atoms with E-state index in [0.717, 1.165) is 26.6 Å². The summed E-state index contributed by atoms with van der Waals surface area (Å²) in [5.41, 5.74) is 3.62. The maximum Gasteiger partial charge on any atom is 0.257 e. The molecule has 1 heterocycles. The average molecular weight is 414 g/mol. The monoisotopic (exact) mass is 413 g/mol. The van der Waals surface area contributed by atoms with Crippen molar-refractivity contribution in [2.75, 3.05) is 5.32 Å². The molecule has 0 unspecified atom stereocenters. The summed E-state index contributed by atoms with van der Waals surface area (Å²) in [6.45, 7) is 3.88. The third kappa shape index (κ3) is 5.41. The Bertz CT molecular complexity index is 999. The van der Waals surface area contributed by atoms with Crippen LogP contribution in [0.5, 0.6) is 0 Å². The summed E-state index contributed by atoms with van der Waals surface area (Å²) < 4.78 is 0. The van der Waals surface area contributed by atoms with E-state index < -0.39 is 0 Å². The fraction of sp³-hybridized carbons (Fsp3) is 0.190. The normalized spacial score (nSPS) is 10.5. The van der Waals surface area contributed by atoms with Gasteiger partial charge in [0.2, 0.25) is 5.91 Å². The predicted molar refractivity (Wildman–Crippen MR) is 113 cm³/mol. The molecule has 0 aliphatic heterocycles. The molecule has 0 saturated heterocycles. The minimum Gasteiger partial charge on any atom is -0.352 e. The fourth-order valence-electron chi connectivity index (χ4n) is 2.56. The van der Waals surface area contributed by atoms with Gasteiger partial charge in [-0.15, -0.1) is 11.3 Å². The van der Waals surface area contributed by atoms with E-state index in [-0.39, 0.29) is 11.8 Å². The van der Waals surface area contributed by atoms with E-state index >= 15 is 0 Å². The van der Waals surface area contributed by atoms with Crippen molar-refractivity contribution in [1.29, 1.82) is 0 Å². The number of hydrogen-bond acceptors (Lipinski definition) is 4. The van der Waals surface area contributed by atoms with E-state index in [1.165, 1.54) is 18.3 Å². The van der Waals surface area contributed by atoms with Crippen LogP contribution in [-0.2, 0) is 17.8 Å². The van der Waals surface area contributed by atoms with E-state index in [9.17, 15) is 9.59 Å². The Labute approximate surface area is 172 Å². The van der Waals surface area contributed by atoms with Crippen molar-refractivity contribution >= 4 is 39.9 Å². The van der Waals surface area contributed by atoms with Crippen molar-refractivity contribution in [1.82, 2.24) is 10.3 Å². The molecule has 0 fully saturated rings. The number of carbonyl (C=O) groups excluding carboxylic acids is 2. The quantitative estimate of drug-likeness (QED) is 0.621. The zero-order valence-electron chi connectivity index (χ0n) is 15.6. The Hall–Kier alpha value is -2.70. The van der Waals surface area contributed by atoms with Crippen LogP contribution in [0.25, 0.3) is 0 Å². The van der Waals surface area contributed by atoms with Crippen LogP contribution >= 0.6 is 22.9 Å². The highest BCUT2D eigenvalue weighted by Crippen LogP contribution is 2.24. The molecule has 0 aliphatic carbocycles. The van der Waals surface area contributed by atoms with Gasteiger partial charge in [-0.1, -0.05) is 35.9 Å². The summed E-state index contributed by atoms with van der Waals surface area (Å²) in [6, 6.07) is 13.1. The molecule has 0 atom stereocenters. The lowest BCUT2D eigenvalue weighted by atomic mass is 10.1. The van der Waals surface area contributed by atoms with Gasteiger partial charge >= 0.3 is 0 Å². The summed E-state index contributed by atoms with van der Waals surface area (Å²) in [4.78, 5) is 28.7. The van der Waals surface area contributed by atoms with Gasteiger partial charge in [-0.3, -0.25) is 14.9 Å². The summed E-state index contributed by atoms with van der Waals surface area (Å²) >= 11 is 7.62. The van der Waals surface area contributed by atoms with Gasteiger partial charge in [-0.05, 0) is 41.8 Å². The second-order valence-corrected chi connectivity index (χ2v) is 7.98. The Morgan fingerprint density at radius 2 is 1.82 bits per heavy atom. The Morgan fingerprint density at radius 3 is 2.50 bits per heavy atom. The zero-order valence-corrected chi connectivity index (χ0v) is 17.2. The SMILES string of the molecule is CC(=O)NCc1ccc(C(=O)Nc2ncc(Cc3ccc(C)c(Cl)c3)s2)cc1. The number of anilines is 1. The number of amides is 2. The summed E-state index contributed by atoms with van der Waals surface area (Å²) in [7, 11) is 0. The lowest BCUT2D eigenvalue weighted by Gasteiger charge is -2.05. The number of aromatic nitrogens is 1. The first-order valence-electron chi connectivity index (χ1n) is 8.75. The summed E-state index contributed by atoms with van der Waals surface area (Å²) in [5.74, 6) is -0.306. The molecule has 1 aromatic heterocycles. The average Bonchev–Trinajstić information content (AvgIpc) is 3.10. The van der Waals surface area contributed by atoms with Crippen LogP contribution in [0, 0.1) is 6.92 Å². The largest absolute Gasteiger partial charge is 0.352 e. The van der Waals surface area contributed by atoms with Gasteiger partial charge in [0.1, 0.15) is 0 Å².